The predicted octanol–water partition coefficient (Wildman–Crippen LogP) is 1.87. The van der Waals surface area contributed by atoms with Gasteiger partial charge in [-0.15, -0.1) is 0 Å². The highest BCUT2D eigenvalue weighted by Gasteiger charge is 2.27. The van der Waals surface area contributed by atoms with Crippen molar-refractivity contribution in [2.75, 3.05) is 19.6 Å². The Morgan fingerprint density at radius 3 is 2.48 bits per heavy atom. The van der Waals surface area contributed by atoms with Gasteiger partial charge in [0.15, 0.2) is 0 Å². The van der Waals surface area contributed by atoms with Crippen LogP contribution in [0.2, 0.25) is 0 Å². The Morgan fingerprint density at radius 1 is 1.10 bits per heavy atom. The summed E-state index contributed by atoms with van der Waals surface area (Å²) in [7, 11) is 0. The number of carboxylic acid groups (broad SMARTS) is 1. The Morgan fingerprint density at radius 2 is 1.81 bits per heavy atom. The van der Waals surface area contributed by atoms with Gasteiger partial charge in [0, 0.05) is 19.1 Å². The van der Waals surface area contributed by atoms with E-state index in [-0.39, 0.29) is 11.8 Å². The average molecular weight is 296 g/mol. The van der Waals surface area contributed by atoms with Crippen LogP contribution in [0, 0.1) is 11.8 Å². The molecule has 1 heterocycles. The van der Waals surface area contributed by atoms with E-state index in [4.69, 9.17) is 5.11 Å². The first kappa shape index (κ1) is 16.3. The second-order valence-electron chi connectivity index (χ2n) is 6.68. The molecule has 2 aliphatic rings. The molecule has 21 heavy (non-hydrogen) atoms. The summed E-state index contributed by atoms with van der Waals surface area (Å²) < 4.78 is 0. The van der Waals surface area contributed by atoms with Crippen LogP contribution in [0.1, 0.15) is 51.9 Å². The topological polar surface area (TPSA) is 69.6 Å². The number of carbonyl (C=O) groups is 2. The van der Waals surface area contributed by atoms with E-state index in [9.17, 15) is 9.59 Å². The molecule has 2 N–H and O–H groups in total. The number of rotatable bonds is 4. The van der Waals surface area contributed by atoms with Gasteiger partial charge < -0.3 is 15.3 Å². The second kappa shape index (κ2) is 7.78. The number of hydrogen-bond acceptors (Lipinski definition) is 3. The molecule has 5 nitrogen and oxygen atoms in total. The number of nitrogens with zero attached hydrogens (tertiary/aromatic N) is 1. The van der Waals surface area contributed by atoms with E-state index in [0.29, 0.717) is 38.5 Å². The summed E-state index contributed by atoms with van der Waals surface area (Å²) in [5, 5.41) is 12.4. The summed E-state index contributed by atoms with van der Waals surface area (Å²) in [4.78, 5) is 24.9. The minimum Gasteiger partial charge on any atom is -0.481 e. The van der Waals surface area contributed by atoms with Crippen LogP contribution in [0.5, 0.6) is 0 Å². The number of aliphatic carboxylic acids is 1. The number of amides is 1. The number of hydrogen-bond donors (Lipinski definition) is 2. The Labute approximate surface area is 127 Å². The normalized spacial score (nSPS) is 28.1. The molecular weight excluding hydrogens is 268 g/mol. The van der Waals surface area contributed by atoms with Gasteiger partial charge in [-0.1, -0.05) is 19.8 Å². The van der Waals surface area contributed by atoms with Crippen molar-refractivity contribution in [3.8, 4) is 0 Å². The molecule has 1 amide bonds. The van der Waals surface area contributed by atoms with Crippen LogP contribution in [0.3, 0.4) is 0 Å². The lowest BCUT2D eigenvalue weighted by atomic mass is 9.97. The predicted molar refractivity (Wildman–Crippen MR) is 81.0 cm³/mol. The van der Waals surface area contributed by atoms with Crippen molar-refractivity contribution in [3.05, 3.63) is 0 Å². The molecule has 120 valence electrons. The third kappa shape index (κ3) is 4.99. The van der Waals surface area contributed by atoms with Crippen molar-refractivity contribution in [2.45, 2.75) is 57.9 Å². The summed E-state index contributed by atoms with van der Waals surface area (Å²) in [6, 6.07) is 0.468. The molecule has 2 fully saturated rings. The number of nitrogens with one attached hydrogen (secondary N) is 1. The van der Waals surface area contributed by atoms with Crippen LogP contribution >= 0.6 is 0 Å². The van der Waals surface area contributed by atoms with E-state index >= 15 is 0 Å². The first-order chi connectivity index (χ1) is 10.1. The smallest absolute Gasteiger partial charge is 0.306 e. The Hall–Kier alpha value is -1.10. The molecule has 0 radical (unpaired) electrons. The highest BCUT2D eigenvalue weighted by molar-refractivity contribution is 5.79. The van der Waals surface area contributed by atoms with E-state index < -0.39 is 5.97 Å². The van der Waals surface area contributed by atoms with E-state index in [1.54, 1.807) is 0 Å². The van der Waals surface area contributed by atoms with Crippen LogP contribution in [-0.4, -0.2) is 47.6 Å². The van der Waals surface area contributed by atoms with Crippen LogP contribution in [0.15, 0.2) is 0 Å². The summed E-state index contributed by atoms with van der Waals surface area (Å²) >= 11 is 0. The molecule has 2 atom stereocenters. The van der Waals surface area contributed by atoms with Gasteiger partial charge in [-0.25, -0.2) is 0 Å². The van der Waals surface area contributed by atoms with E-state index in [1.165, 1.54) is 25.7 Å². The van der Waals surface area contributed by atoms with Gasteiger partial charge in [0.2, 0.25) is 5.91 Å². The standard InChI is InChI=1S/C16H28N2O3/c1-12-3-2-4-14(6-5-12)17-11-15(19)18-9-7-13(8-10-18)16(20)21/h12-14,17H,2-11H2,1H3,(H,20,21). The third-order valence-electron chi connectivity index (χ3n) is 5.00. The van der Waals surface area contributed by atoms with Crippen LogP contribution in [0.25, 0.3) is 0 Å². The fourth-order valence-corrected chi connectivity index (χ4v) is 3.41. The summed E-state index contributed by atoms with van der Waals surface area (Å²) in [5.74, 6) is -0.0724. The quantitative estimate of drug-likeness (QED) is 0.777. The molecule has 2 unspecified atom stereocenters. The maximum absolute atomic E-state index is 12.2. The zero-order chi connectivity index (χ0) is 15.2. The molecule has 5 heteroatoms. The zero-order valence-electron chi connectivity index (χ0n) is 13.0. The maximum atomic E-state index is 12.2. The van der Waals surface area contributed by atoms with Crippen molar-refractivity contribution in [3.63, 3.8) is 0 Å². The fourth-order valence-electron chi connectivity index (χ4n) is 3.41. The monoisotopic (exact) mass is 296 g/mol. The van der Waals surface area contributed by atoms with Crippen molar-refractivity contribution in [1.82, 2.24) is 10.2 Å². The van der Waals surface area contributed by atoms with Gasteiger partial charge in [-0.05, 0) is 38.0 Å². The highest BCUT2D eigenvalue weighted by atomic mass is 16.4. The fraction of sp³-hybridized carbons (Fsp3) is 0.875. The summed E-state index contributed by atoms with van der Waals surface area (Å²) in [6.45, 7) is 3.87. The lowest BCUT2D eigenvalue weighted by Crippen LogP contribution is -2.45. The molecule has 0 aromatic rings. The highest BCUT2D eigenvalue weighted by Crippen LogP contribution is 2.22. The Balaban J connectivity index is 1.69. The van der Waals surface area contributed by atoms with Crippen LogP contribution < -0.4 is 5.32 Å². The molecular formula is C16H28N2O3. The molecule has 0 bridgehead atoms. The van der Waals surface area contributed by atoms with Crippen molar-refractivity contribution in [1.29, 1.82) is 0 Å². The van der Waals surface area contributed by atoms with Gasteiger partial charge >= 0.3 is 5.97 Å². The molecule has 1 saturated carbocycles. The maximum Gasteiger partial charge on any atom is 0.306 e. The van der Waals surface area contributed by atoms with Crippen molar-refractivity contribution >= 4 is 11.9 Å². The molecule has 2 rings (SSSR count). The van der Waals surface area contributed by atoms with Gasteiger partial charge in [-0.2, -0.15) is 0 Å². The van der Waals surface area contributed by atoms with E-state index in [1.807, 2.05) is 4.90 Å². The average Bonchev–Trinajstić information content (AvgIpc) is 2.69. The second-order valence-corrected chi connectivity index (χ2v) is 6.68. The molecule has 0 aromatic heterocycles. The Kier molecular flexibility index (Phi) is 6.03. The summed E-state index contributed by atoms with van der Waals surface area (Å²) in [5.41, 5.74) is 0. The largest absolute Gasteiger partial charge is 0.481 e. The SMILES string of the molecule is CC1CCCC(NCC(=O)N2CCC(C(=O)O)CC2)CC1. The van der Waals surface area contributed by atoms with Gasteiger partial charge in [0.05, 0.1) is 12.5 Å². The van der Waals surface area contributed by atoms with E-state index in [2.05, 4.69) is 12.2 Å². The third-order valence-corrected chi connectivity index (χ3v) is 5.00. The first-order valence-electron chi connectivity index (χ1n) is 8.30. The lowest BCUT2D eigenvalue weighted by molar-refractivity contribution is -0.145. The molecule has 1 aliphatic heterocycles. The molecule has 1 saturated heterocycles. The number of carbonyl (C=O) groups excluding carboxylic acids is 1. The number of likely N-dealkylation sites (tertiary alicyclic amines) is 1. The van der Waals surface area contributed by atoms with Crippen molar-refractivity contribution in [2.24, 2.45) is 11.8 Å². The van der Waals surface area contributed by atoms with Gasteiger partial charge in [0.1, 0.15) is 0 Å². The van der Waals surface area contributed by atoms with Gasteiger partial charge in [0.25, 0.3) is 0 Å². The minimum absolute atomic E-state index is 0.121. The minimum atomic E-state index is -0.729. The van der Waals surface area contributed by atoms with Crippen molar-refractivity contribution < 1.29 is 14.7 Å². The van der Waals surface area contributed by atoms with Crippen LogP contribution in [-0.2, 0) is 9.59 Å². The lowest BCUT2D eigenvalue weighted by Gasteiger charge is -2.30. The Bertz CT molecular complexity index is 365. The number of piperidine rings is 1. The number of carboxylic acids is 1. The van der Waals surface area contributed by atoms with Gasteiger partial charge in [-0.3, -0.25) is 9.59 Å². The van der Waals surface area contributed by atoms with Crippen LogP contribution in [0.4, 0.5) is 0 Å². The molecule has 1 aliphatic carbocycles. The summed E-state index contributed by atoms with van der Waals surface area (Å²) in [6.07, 6.45) is 7.29. The molecule has 0 aromatic carbocycles. The zero-order valence-corrected chi connectivity index (χ0v) is 13.0. The molecule has 0 spiro atoms. The van der Waals surface area contributed by atoms with E-state index in [0.717, 1.165) is 12.3 Å². The first-order valence-corrected chi connectivity index (χ1v) is 8.30.